The van der Waals surface area contributed by atoms with Crippen molar-refractivity contribution in [2.45, 2.75) is 16.1 Å². The van der Waals surface area contributed by atoms with E-state index in [-0.39, 0.29) is 5.57 Å². The largest absolute Gasteiger partial charge is 0.503 e. The molecule has 1 aromatic heterocycles. The first kappa shape index (κ1) is 26.4. The third-order valence-electron chi connectivity index (χ3n) is 5.74. The summed E-state index contributed by atoms with van der Waals surface area (Å²) in [6.45, 7) is 0. The highest BCUT2D eigenvalue weighted by Gasteiger charge is 2.45. The van der Waals surface area contributed by atoms with Crippen LogP contribution in [-0.2, 0) is 15.3 Å². The minimum absolute atomic E-state index is 0.00847. The van der Waals surface area contributed by atoms with Gasteiger partial charge >= 0.3 is 0 Å². The Kier molecular flexibility index (Phi) is 8.09. The molecule has 5 rings (SSSR count). The fourth-order valence-electron chi connectivity index (χ4n) is 3.96. The summed E-state index contributed by atoms with van der Waals surface area (Å²) in [6, 6.07) is 23.3. The van der Waals surface area contributed by atoms with Gasteiger partial charge in [-0.15, -0.1) is 10.2 Å². The number of halogens is 2. The van der Waals surface area contributed by atoms with Gasteiger partial charge in [-0.1, -0.05) is 111 Å². The molecule has 1 atom stereocenters. The van der Waals surface area contributed by atoms with E-state index in [1.165, 1.54) is 34.1 Å². The van der Waals surface area contributed by atoms with Crippen molar-refractivity contribution in [1.29, 1.82) is 0 Å². The number of carbonyl (C=O) groups excluding carboxylic acids is 2. The van der Waals surface area contributed by atoms with E-state index in [0.29, 0.717) is 25.8 Å². The van der Waals surface area contributed by atoms with E-state index in [9.17, 15) is 14.7 Å². The minimum atomic E-state index is -0.866. The topological polar surface area (TPSA) is 83.4 Å². The second-order valence-corrected chi connectivity index (χ2v) is 11.8. The summed E-state index contributed by atoms with van der Waals surface area (Å²) in [5.74, 6) is -1.11. The summed E-state index contributed by atoms with van der Waals surface area (Å²) >= 11 is 12.1. The molecule has 1 aliphatic rings. The molecule has 0 saturated heterocycles. The second kappa shape index (κ2) is 11.7. The molecule has 6 nitrogen and oxygen atoms in total. The quantitative estimate of drug-likeness (QED) is 0.125. The van der Waals surface area contributed by atoms with Crippen molar-refractivity contribution < 1.29 is 14.7 Å². The molecule has 10 heteroatoms. The van der Waals surface area contributed by atoms with Crippen LogP contribution in [0.5, 0.6) is 0 Å². The van der Waals surface area contributed by atoms with E-state index >= 15 is 0 Å². The summed E-state index contributed by atoms with van der Waals surface area (Å²) in [5, 5.41) is 20.4. The molecule has 0 bridgehead atoms. The van der Waals surface area contributed by atoms with E-state index in [0.717, 1.165) is 15.6 Å². The summed E-state index contributed by atoms with van der Waals surface area (Å²) < 4.78 is 1.43. The van der Waals surface area contributed by atoms with Crippen molar-refractivity contribution in [2.75, 3.05) is 4.90 Å². The number of aliphatic hydroxyl groups is 1. The number of hydrogen-bond donors (Lipinski definition) is 1. The van der Waals surface area contributed by atoms with Crippen LogP contribution in [-0.4, -0.2) is 27.0 Å². The number of ketones is 1. The maximum absolute atomic E-state index is 13.4. The highest BCUT2D eigenvalue weighted by atomic mass is 79.9. The number of anilines is 1. The molecule has 1 amide bonds. The van der Waals surface area contributed by atoms with Crippen LogP contribution in [0.15, 0.2) is 105 Å². The molecule has 3 aromatic carbocycles. The minimum Gasteiger partial charge on any atom is -0.503 e. The standard InChI is InChI=1S/C28H19BrClN3O3S2/c29-20-8-4-7-19(15-20)24-23(22(34)14-11-17-5-2-1-3-6-17)25(35)26(36)33(24)27-31-32-28(38-27)37-16-18-9-12-21(30)13-10-18/h1-15,24,35H,16H2. The highest BCUT2D eigenvalue weighted by Crippen LogP contribution is 2.43. The zero-order chi connectivity index (χ0) is 26.6. The lowest BCUT2D eigenvalue weighted by atomic mass is 9.96. The SMILES string of the molecule is O=C(C=Cc1ccccc1)C1=C(O)C(=O)N(c2nnc(SCc3ccc(Cl)cc3)s2)C1c1cccc(Br)c1. The molecule has 1 unspecified atom stereocenters. The van der Waals surface area contributed by atoms with Gasteiger partial charge in [-0.25, -0.2) is 0 Å². The zero-order valence-electron chi connectivity index (χ0n) is 19.6. The van der Waals surface area contributed by atoms with Crippen LogP contribution < -0.4 is 4.90 Å². The predicted molar refractivity (Wildman–Crippen MR) is 155 cm³/mol. The maximum atomic E-state index is 13.4. The van der Waals surface area contributed by atoms with Gasteiger partial charge in [-0.3, -0.25) is 14.5 Å². The molecular weight excluding hydrogens is 606 g/mol. The zero-order valence-corrected chi connectivity index (χ0v) is 23.6. The fourth-order valence-corrected chi connectivity index (χ4v) is 6.32. The number of rotatable bonds is 8. The molecule has 190 valence electrons. The van der Waals surface area contributed by atoms with Gasteiger partial charge in [0.2, 0.25) is 5.13 Å². The van der Waals surface area contributed by atoms with Crippen LogP contribution in [0.3, 0.4) is 0 Å². The van der Waals surface area contributed by atoms with Gasteiger partial charge < -0.3 is 5.11 Å². The number of nitrogens with zero attached hydrogens (tertiary/aromatic N) is 3. The Morgan fingerprint density at radius 3 is 2.58 bits per heavy atom. The number of aromatic nitrogens is 2. The van der Waals surface area contributed by atoms with Gasteiger partial charge in [0.15, 0.2) is 15.9 Å². The molecule has 2 heterocycles. The number of amides is 1. The molecule has 0 fully saturated rings. The van der Waals surface area contributed by atoms with Gasteiger partial charge in [-0.2, -0.15) is 0 Å². The normalized spacial score (nSPS) is 15.6. The summed E-state index contributed by atoms with van der Waals surface area (Å²) in [7, 11) is 0. The van der Waals surface area contributed by atoms with Crippen molar-refractivity contribution in [3.63, 3.8) is 0 Å². The fraction of sp³-hybridized carbons (Fsp3) is 0.0714. The van der Waals surface area contributed by atoms with Crippen molar-refractivity contribution in [3.05, 3.63) is 122 Å². The molecule has 1 N–H and O–H groups in total. The lowest BCUT2D eigenvalue weighted by molar-refractivity contribution is -0.117. The van der Waals surface area contributed by atoms with E-state index in [2.05, 4.69) is 26.1 Å². The molecule has 1 aliphatic heterocycles. The molecular formula is C28H19BrClN3O3S2. The number of carbonyl (C=O) groups is 2. The molecule has 0 aliphatic carbocycles. The van der Waals surface area contributed by atoms with Crippen LogP contribution in [0.4, 0.5) is 5.13 Å². The Hall–Kier alpha value is -3.24. The van der Waals surface area contributed by atoms with Crippen molar-refractivity contribution in [2.24, 2.45) is 0 Å². The van der Waals surface area contributed by atoms with Gasteiger partial charge in [0.1, 0.15) is 0 Å². The summed E-state index contributed by atoms with van der Waals surface area (Å²) in [6.07, 6.45) is 3.03. The Labute approximate surface area is 240 Å². The third-order valence-corrected chi connectivity index (χ3v) is 8.61. The number of hydrogen-bond acceptors (Lipinski definition) is 7. The van der Waals surface area contributed by atoms with E-state index in [1.54, 1.807) is 12.1 Å². The monoisotopic (exact) mass is 623 g/mol. The lowest BCUT2D eigenvalue weighted by Gasteiger charge is -2.23. The molecule has 0 radical (unpaired) electrons. The number of benzene rings is 3. The predicted octanol–water partition coefficient (Wildman–Crippen LogP) is 7.43. The third kappa shape index (κ3) is 5.76. The van der Waals surface area contributed by atoms with Gasteiger partial charge in [0, 0.05) is 15.2 Å². The smallest absolute Gasteiger partial charge is 0.296 e. The van der Waals surface area contributed by atoms with Crippen LogP contribution in [0.2, 0.25) is 5.02 Å². The van der Waals surface area contributed by atoms with Crippen LogP contribution in [0, 0.1) is 0 Å². The van der Waals surface area contributed by atoms with Gasteiger partial charge in [-0.05, 0) is 47.0 Å². The van der Waals surface area contributed by atoms with Crippen LogP contribution >= 0.6 is 50.6 Å². The van der Waals surface area contributed by atoms with Gasteiger partial charge in [0.25, 0.3) is 5.91 Å². The number of thioether (sulfide) groups is 1. The Balaban J connectivity index is 1.45. The first-order valence-electron chi connectivity index (χ1n) is 11.4. The molecule has 0 saturated carbocycles. The van der Waals surface area contributed by atoms with Crippen molar-refractivity contribution >= 4 is 73.5 Å². The van der Waals surface area contributed by atoms with E-state index in [4.69, 9.17) is 11.6 Å². The first-order valence-corrected chi connectivity index (χ1v) is 14.4. The Morgan fingerprint density at radius 1 is 1.08 bits per heavy atom. The van der Waals surface area contributed by atoms with Crippen LogP contribution in [0.1, 0.15) is 22.7 Å². The Morgan fingerprint density at radius 2 is 1.84 bits per heavy atom. The van der Waals surface area contributed by atoms with Crippen molar-refractivity contribution in [3.8, 4) is 0 Å². The number of allylic oxidation sites excluding steroid dienone is 1. The molecule has 38 heavy (non-hydrogen) atoms. The van der Waals surface area contributed by atoms with E-state index in [1.807, 2.05) is 72.8 Å². The lowest BCUT2D eigenvalue weighted by Crippen LogP contribution is -2.30. The van der Waals surface area contributed by atoms with E-state index < -0.39 is 23.5 Å². The first-order chi connectivity index (χ1) is 18.4. The summed E-state index contributed by atoms with van der Waals surface area (Å²) in [5.41, 5.74) is 2.54. The Bertz CT molecular complexity index is 1560. The maximum Gasteiger partial charge on any atom is 0.296 e. The molecule has 0 spiro atoms. The second-order valence-electron chi connectivity index (χ2n) is 8.27. The highest BCUT2D eigenvalue weighted by molar-refractivity contribution is 9.10. The number of aliphatic hydroxyl groups excluding tert-OH is 1. The van der Waals surface area contributed by atoms with Crippen LogP contribution in [0.25, 0.3) is 6.08 Å². The van der Waals surface area contributed by atoms with Crippen molar-refractivity contribution in [1.82, 2.24) is 10.2 Å². The average molecular weight is 625 g/mol. The average Bonchev–Trinajstić information content (AvgIpc) is 3.49. The molecule has 4 aromatic rings. The van der Waals surface area contributed by atoms with Gasteiger partial charge in [0.05, 0.1) is 11.6 Å². The summed E-state index contributed by atoms with van der Waals surface area (Å²) in [4.78, 5) is 28.0.